The van der Waals surface area contributed by atoms with Crippen molar-refractivity contribution in [2.75, 3.05) is 89.1 Å². The second-order valence-corrected chi connectivity index (χ2v) is 23.5. The molecule has 0 aliphatic carbocycles. The maximum Gasteiger partial charge on any atom is 0.255 e. The second-order valence-electron chi connectivity index (χ2n) is 21.8. The highest BCUT2D eigenvalue weighted by atomic mass is 32.1. The summed E-state index contributed by atoms with van der Waals surface area (Å²) in [6.45, 7) is 16.4. The van der Waals surface area contributed by atoms with Crippen LogP contribution in [0.3, 0.4) is 0 Å². The van der Waals surface area contributed by atoms with E-state index in [-0.39, 0.29) is 55.7 Å². The van der Waals surface area contributed by atoms with Gasteiger partial charge in [-0.2, -0.15) is 0 Å². The van der Waals surface area contributed by atoms with Crippen molar-refractivity contribution < 1.29 is 43.3 Å². The van der Waals surface area contributed by atoms with E-state index in [4.69, 9.17) is 14.2 Å². The van der Waals surface area contributed by atoms with Gasteiger partial charge in [-0.1, -0.05) is 99.6 Å². The Hall–Kier alpha value is -6.91. The van der Waals surface area contributed by atoms with E-state index in [9.17, 15) is 29.1 Å². The van der Waals surface area contributed by atoms with Crippen molar-refractivity contribution in [1.29, 1.82) is 0 Å². The average molecular weight is 1140 g/mol. The number of amides is 5. The van der Waals surface area contributed by atoms with Gasteiger partial charge in [-0.3, -0.25) is 34.2 Å². The van der Waals surface area contributed by atoms with E-state index in [1.165, 1.54) is 16.2 Å². The molecule has 0 bridgehead atoms. The normalized spacial score (nSPS) is 17.7. The van der Waals surface area contributed by atoms with Gasteiger partial charge >= 0.3 is 0 Å². The fraction of sp³-hybridized carbons (Fsp3) is 0.426. The number of β-amino-alcohol motifs (C(OH)–C–C–N with tert-alkyl or cyclic N) is 1. The first-order chi connectivity index (χ1) is 39.1. The number of rotatable bonds is 24. The van der Waals surface area contributed by atoms with E-state index < -0.39 is 35.6 Å². The van der Waals surface area contributed by atoms with Crippen molar-refractivity contribution in [3.05, 3.63) is 142 Å². The Balaban J connectivity index is 0.632. The number of aliphatic hydroxyl groups is 1. The summed E-state index contributed by atoms with van der Waals surface area (Å²) >= 11 is 2.91. The molecule has 3 aliphatic rings. The Labute approximate surface area is 481 Å². The van der Waals surface area contributed by atoms with Crippen LogP contribution in [0.2, 0.25) is 0 Å². The van der Waals surface area contributed by atoms with Crippen LogP contribution in [0.15, 0.2) is 114 Å². The zero-order valence-corrected chi connectivity index (χ0v) is 48.3. The van der Waals surface area contributed by atoms with Gasteiger partial charge in [-0.05, 0) is 70.8 Å². The number of aromatic nitrogens is 2. The molecule has 6 aromatic rings. The SMILES string of the molecule is Cc1ncsc1-c1ccc([C@H](C)NC(=O)[C@@H]2C[C@@H](O)CN2C(=O)[C@@H](NC(=O)CCOCCOCCOCCN2CCN(c3ccc(-c4ccc5c(c4)C(=O)N(C(C(=O)Nc4nccs4)c4ccccc4)C5)cc3)CC2)C(C)(C)C)cc1. The van der Waals surface area contributed by atoms with Crippen LogP contribution in [-0.2, 0) is 39.9 Å². The lowest BCUT2D eigenvalue weighted by molar-refractivity contribution is -0.144. The van der Waals surface area contributed by atoms with Crippen LogP contribution in [0.1, 0.15) is 85.4 Å². The van der Waals surface area contributed by atoms with E-state index in [1.54, 1.807) is 27.8 Å². The van der Waals surface area contributed by atoms with Crippen LogP contribution in [0.25, 0.3) is 21.6 Å². The molecule has 2 aromatic heterocycles. The molecule has 0 radical (unpaired) electrons. The van der Waals surface area contributed by atoms with Gasteiger partial charge in [0.2, 0.25) is 17.7 Å². The quantitative estimate of drug-likeness (QED) is 0.0434. The molecule has 5 atom stereocenters. The summed E-state index contributed by atoms with van der Waals surface area (Å²) in [5.41, 5.74) is 9.37. The number of likely N-dealkylation sites (tertiary alicyclic amines) is 1. The van der Waals surface area contributed by atoms with E-state index in [0.29, 0.717) is 50.3 Å². The number of anilines is 2. The Morgan fingerprint density at radius 3 is 2.12 bits per heavy atom. The average Bonchev–Trinajstić information content (AvgIpc) is 4.31. The number of hydrogen-bond donors (Lipinski definition) is 4. The number of carbonyl (C=O) groups excluding carboxylic acids is 5. The van der Waals surface area contributed by atoms with Crippen LogP contribution >= 0.6 is 22.7 Å². The lowest BCUT2D eigenvalue weighted by Gasteiger charge is -2.36. The number of carbonyl (C=O) groups is 5. The highest BCUT2D eigenvalue weighted by molar-refractivity contribution is 7.14. The molecule has 3 aliphatic heterocycles. The molecule has 0 saturated carbocycles. The van der Waals surface area contributed by atoms with Crippen molar-refractivity contribution in [1.82, 2.24) is 35.3 Å². The third kappa shape index (κ3) is 15.0. The monoisotopic (exact) mass is 1140 g/mol. The Morgan fingerprint density at radius 1 is 0.778 bits per heavy atom. The zero-order chi connectivity index (χ0) is 57.0. The second kappa shape index (κ2) is 27.2. The number of aryl methyl sites for hydroxylation is 1. The molecule has 5 amide bonds. The third-order valence-corrected chi connectivity index (χ3v) is 16.7. The van der Waals surface area contributed by atoms with Crippen molar-refractivity contribution >= 4 is 63.0 Å². The number of hydrogen-bond acceptors (Lipinski definition) is 15. The molecule has 1 unspecified atom stereocenters. The molecule has 20 heteroatoms. The van der Waals surface area contributed by atoms with Crippen LogP contribution in [0, 0.1) is 12.3 Å². The van der Waals surface area contributed by atoms with Gasteiger partial charge in [0.25, 0.3) is 11.8 Å². The van der Waals surface area contributed by atoms with Gasteiger partial charge in [-0.25, -0.2) is 9.97 Å². The van der Waals surface area contributed by atoms with E-state index in [1.807, 2.05) is 113 Å². The molecule has 428 valence electrons. The van der Waals surface area contributed by atoms with Gasteiger partial charge in [0, 0.05) is 81.5 Å². The Bertz CT molecular complexity index is 3070. The number of aliphatic hydroxyl groups excluding tert-OH is 1. The molecular weight excluding hydrogens is 1070 g/mol. The highest BCUT2D eigenvalue weighted by Gasteiger charge is 2.45. The van der Waals surface area contributed by atoms with Gasteiger partial charge < -0.3 is 44.7 Å². The zero-order valence-electron chi connectivity index (χ0n) is 46.7. The molecule has 0 spiro atoms. The first-order valence-electron chi connectivity index (χ1n) is 27.7. The minimum atomic E-state index is -0.934. The van der Waals surface area contributed by atoms with Gasteiger partial charge in [0.1, 0.15) is 18.1 Å². The number of nitrogens with zero attached hydrogens (tertiary/aromatic N) is 6. The number of piperazine rings is 1. The lowest BCUT2D eigenvalue weighted by atomic mass is 9.85. The molecule has 2 fully saturated rings. The minimum Gasteiger partial charge on any atom is -0.391 e. The lowest BCUT2D eigenvalue weighted by Crippen LogP contribution is -2.58. The van der Waals surface area contributed by atoms with Crippen LogP contribution in [0.4, 0.5) is 10.8 Å². The molecule has 2 saturated heterocycles. The maximum absolute atomic E-state index is 14.1. The van der Waals surface area contributed by atoms with E-state index in [2.05, 4.69) is 60.0 Å². The van der Waals surface area contributed by atoms with Crippen LogP contribution in [0.5, 0.6) is 0 Å². The smallest absolute Gasteiger partial charge is 0.255 e. The molecule has 18 nitrogen and oxygen atoms in total. The molecule has 4 aromatic carbocycles. The Morgan fingerprint density at radius 2 is 1.46 bits per heavy atom. The van der Waals surface area contributed by atoms with Crippen LogP contribution in [-0.4, -0.2) is 156 Å². The van der Waals surface area contributed by atoms with E-state index >= 15 is 0 Å². The van der Waals surface area contributed by atoms with Crippen molar-refractivity contribution in [3.63, 3.8) is 0 Å². The molecule has 81 heavy (non-hydrogen) atoms. The fourth-order valence-electron chi connectivity index (χ4n) is 10.5. The summed E-state index contributed by atoms with van der Waals surface area (Å²) in [7, 11) is 0. The number of thiazole rings is 2. The summed E-state index contributed by atoms with van der Waals surface area (Å²) in [4.78, 5) is 86.0. The maximum atomic E-state index is 14.1. The predicted molar refractivity (Wildman–Crippen MR) is 314 cm³/mol. The van der Waals surface area contributed by atoms with Gasteiger partial charge in [-0.15, -0.1) is 22.7 Å². The van der Waals surface area contributed by atoms with E-state index in [0.717, 1.165) is 82.4 Å². The summed E-state index contributed by atoms with van der Waals surface area (Å²) < 4.78 is 17.3. The first kappa shape index (κ1) is 58.7. The Kier molecular flexibility index (Phi) is 19.8. The minimum absolute atomic E-state index is 0.00852. The molecule has 5 heterocycles. The predicted octanol–water partition coefficient (Wildman–Crippen LogP) is 7.51. The summed E-state index contributed by atoms with van der Waals surface area (Å²) in [6.07, 6.45) is 0.896. The highest BCUT2D eigenvalue weighted by Crippen LogP contribution is 2.36. The van der Waals surface area contributed by atoms with Gasteiger partial charge in [0.15, 0.2) is 5.13 Å². The number of nitrogens with one attached hydrogen (secondary N) is 3. The summed E-state index contributed by atoms with van der Waals surface area (Å²) in [5.74, 6) is -1.62. The molecule has 9 rings (SSSR count). The fourth-order valence-corrected chi connectivity index (χ4v) is 11.9. The standard InChI is InChI=1S/C61H73N9O9S2/c1-40(42-11-13-45(14-12-42)54-41(2)63-39-81-54)64-56(73)51-36-49(71)38-69(51)59(76)55(61(3,4)5)65-52(72)21-28-77-30-32-79-33-31-78-29-27-67-23-25-68(26-24-67)48-19-17-43(18-20-48)46-15-16-47-37-70(58(75)50(47)35-46)53(44-9-7-6-8-10-44)57(74)66-60-62-22-34-80-60/h6-20,22,34-35,39-40,49,51,53,55,71H,21,23-33,36-38H2,1-5H3,(H,64,73)(H,65,72)(H,62,66,74)/t40-,49+,51-,53?,55+/m0/s1. The summed E-state index contributed by atoms with van der Waals surface area (Å²) in [6, 6.07) is 28.8. The number of benzene rings is 4. The number of fused-ring (bicyclic) bond motifs is 1. The van der Waals surface area contributed by atoms with Crippen molar-refractivity contribution in [2.24, 2.45) is 5.41 Å². The van der Waals surface area contributed by atoms with Crippen molar-refractivity contribution in [2.45, 2.75) is 84.3 Å². The third-order valence-electron chi connectivity index (χ3n) is 15.0. The van der Waals surface area contributed by atoms with Crippen molar-refractivity contribution in [3.8, 4) is 21.6 Å². The van der Waals surface area contributed by atoms with Crippen LogP contribution < -0.4 is 20.9 Å². The molecule has 4 N–H and O–H groups in total. The topological polar surface area (TPSA) is 208 Å². The summed E-state index contributed by atoms with van der Waals surface area (Å²) in [5, 5.41) is 21.8. The number of ether oxygens (including phenoxy) is 3. The molecular formula is C61H73N9O9S2. The van der Waals surface area contributed by atoms with Gasteiger partial charge in [0.05, 0.1) is 67.9 Å². The first-order valence-corrected chi connectivity index (χ1v) is 29.5. The largest absolute Gasteiger partial charge is 0.391 e.